The van der Waals surface area contributed by atoms with Gasteiger partial charge in [-0.25, -0.2) is 0 Å². The van der Waals surface area contributed by atoms with Gasteiger partial charge in [0, 0.05) is 35.8 Å². The Kier molecular flexibility index (Phi) is 3.54. The third-order valence-electron chi connectivity index (χ3n) is 2.77. The Morgan fingerprint density at radius 2 is 2.24 bits per heavy atom. The summed E-state index contributed by atoms with van der Waals surface area (Å²) in [5, 5.41) is 16.6. The summed E-state index contributed by atoms with van der Waals surface area (Å²) >= 11 is 0. The van der Waals surface area contributed by atoms with Crippen LogP contribution < -0.4 is 0 Å². The third kappa shape index (κ3) is 2.36. The highest BCUT2D eigenvalue weighted by Crippen LogP contribution is 2.27. The Bertz CT molecular complexity index is 477. The lowest BCUT2D eigenvalue weighted by molar-refractivity contribution is 0.299. The topological polar surface area (TPSA) is 61.8 Å². The van der Waals surface area contributed by atoms with E-state index < -0.39 is 0 Å². The van der Waals surface area contributed by atoms with Gasteiger partial charge in [-0.1, -0.05) is 13.8 Å². The number of hydrogen-bond donors (Lipinski definition) is 2. The molecular formula is C13H17N3O. The fourth-order valence-corrected chi connectivity index (χ4v) is 1.96. The normalized spacial score (nSPS) is 11.1. The molecule has 4 nitrogen and oxygen atoms in total. The quantitative estimate of drug-likeness (QED) is 0.847. The summed E-state index contributed by atoms with van der Waals surface area (Å²) in [4.78, 5) is 4.10. The lowest BCUT2D eigenvalue weighted by atomic mass is 9.99. The van der Waals surface area contributed by atoms with Gasteiger partial charge in [0.1, 0.15) is 0 Å². The van der Waals surface area contributed by atoms with Crippen LogP contribution in [-0.2, 0) is 6.42 Å². The van der Waals surface area contributed by atoms with E-state index in [4.69, 9.17) is 5.11 Å². The number of aliphatic hydroxyl groups is 1. The smallest absolute Gasteiger partial charge is 0.0971 e. The maximum atomic E-state index is 9.16. The summed E-state index contributed by atoms with van der Waals surface area (Å²) in [7, 11) is 0. The van der Waals surface area contributed by atoms with Crippen molar-refractivity contribution in [3.05, 3.63) is 35.8 Å². The molecule has 0 fully saturated rings. The summed E-state index contributed by atoms with van der Waals surface area (Å²) in [6.07, 6.45) is 4.15. The van der Waals surface area contributed by atoms with Crippen molar-refractivity contribution in [2.24, 2.45) is 0 Å². The Balaban J connectivity index is 2.47. The van der Waals surface area contributed by atoms with Gasteiger partial charge in [-0.3, -0.25) is 10.1 Å². The zero-order valence-corrected chi connectivity index (χ0v) is 10.1. The number of aromatic amines is 1. The molecule has 90 valence electrons. The molecule has 0 radical (unpaired) electrons. The molecule has 0 aliphatic rings. The van der Waals surface area contributed by atoms with Gasteiger partial charge in [-0.2, -0.15) is 5.10 Å². The minimum atomic E-state index is 0.131. The minimum absolute atomic E-state index is 0.131. The van der Waals surface area contributed by atoms with Crippen LogP contribution in [0.1, 0.15) is 31.0 Å². The number of pyridine rings is 1. The highest BCUT2D eigenvalue weighted by Gasteiger charge is 2.16. The molecule has 0 aromatic carbocycles. The van der Waals surface area contributed by atoms with E-state index in [1.807, 2.05) is 12.1 Å². The maximum Gasteiger partial charge on any atom is 0.0971 e. The molecule has 17 heavy (non-hydrogen) atoms. The van der Waals surface area contributed by atoms with Crippen molar-refractivity contribution in [1.29, 1.82) is 0 Å². The first kappa shape index (κ1) is 11.8. The second-order valence-corrected chi connectivity index (χ2v) is 4.33. The molecule has 0 aliphatic heterocycles. The van der Waals surface area contributed by atoms with Crippen molar-refractivity contribution in [1.82, 2.24) is 15.2 Å². The fraction of sp³-hybridized carbons (Fsp3) is 0.385. The van der Waals surface area contributed by atoms with Crippen LogP contribution in [-0.4, -0.2) is 26.9 Å². The van der Waals surface area contributed by atoms with Gasteiger partial charge < -0.3 is 5.11 Å². The van der Waals surface area contributed by atoms with Gasteiger partial charge in [-0.05, 0) is 24.5 Å². The SMILES string of the molecule is CC(C)c1[nH]nc(-c2cccnc2)c1CCO. The molecule has 0 saturated carbocycles. The van der Waals surface area contributed by atoms with Crippen molar-refractivity contribution in [2.75, 3.05) is 6.61 Å². The molecule has 0 atom stereocenters. The van der Waals surface area contributed by atoms with Gasteiger partial charge in [0.2, 0.25) is 0 Å². The number of rotatable bonds is 4. The van der Waals surface area contributed by atoms with E-state index in [1.165, 1.54) is 0 Å². The first-order valence-electron chi connectivity index (χ1n) is 5.82. The highest BCUT2D eigenvalue weighted by atomic mass is 16.2. The van der Waals surface area contributed by atoms with Crippen LogP contribution in [0.2, 0.25) is 0 Å². The van der Waals surface area contributed by atoms with Crippen LogP contribution in [0.15, 0.2) is 24.5 Å². The molecule has 4 heteroatoms. The third-order valence-corrected chi connectivity index (χ3v) is 2.77. The zero-order chi connectivity index (χ0) is 12.3. The average molecular weight is 231 g/mol. The van der Waals surface area contributed by atoms with E-state index in [1.54, 1.807) is 12.4 Å². The van der Waals surface area contributed by atoms with Crippen LogP contribution in [0, 0.1) is 0 Å². The van der Waals surface area contributed by atoms with E-state index in [-0.39, 0.29) is 6.61 Å². The van der Waals surface area contributed by atoms with Crippen LogP contribution in [0.5, 0.6) is 0 Å². The molecule has 0 saturated heterocycles. The summed E-state index contributed by atoms with van der Waals surface area (Å²) in [5.74, 6) is 0.370. The van der Waals surface area contributed by atoms with E-state index in [9.17, 15) is 0 Å². The van der Waals surface area contributed by atoms with Crippen molar-refractivity contribution in [2.45, 2.75) is 26.2 Å². The van der Waals surface area contributed by atoms with Gasteiger partial charge in [-0.15, -0.1) is 0 Å². The predicted octanol–water partition coefficient (Wildman–Crippen LogP) is 2.13. The van der Waals surface area contributed by atoms with Crippen LogP contribution >= 0.6 is 0 Å². The number of nitrogens with one attached hydrogen (secondary N) is 1. The average Bonchev–Trinajstić information content (AvgIpc) is 2.75. The molecular weight excluding hydrogens is 214 g/mol. The zero-order valence-electron chi connectivity index (χ0n) is 10.1. The van der Waals surface area contributed by atoms with Crippen molar-refractivity contribution < 1.29 is 5.11 Å². The Morgan fingerprint density at radius 1 is 1.41 bits per heavy atom. The monoisotopic (exact) mass is 231 g/mol. The van der Waals surface area contributed by atoms with E-state index in [2.05, 4.69) is 29.0 Å². The molecule has 2 rings (SSSR count). The maximum absolute atomic E-state index is 9.16. The summed E-state index contributed by atoms with van der Waals surface area (Å²) < 4.78 is 0. The minimum Gasteiger partial charge on any atom is -0.396 e. The molecule has 2 heterocycles. The molecule has 2 aromatic heterocycles. The standard InChI is InChI=1S/C13H17N3O/c1-9(2)12-11(5-7-17)13(16-15-12)10-4-3-6-14-8-10/h3-4,6,8-9,17H,5,7H2,1-2H3,(H,15,16). The van der Waals surface area contributed by atoms with Gasteiger partial charge in [0.05, 0.1) is 5.69 Å². The van der Waals surface area contributed by atoms with E-state index in [0.717, 1.165) is 22.5 Å². The Morgan fingerprint density at radius 3 is 2.82 bits per heavy atom. The van der Waals surface area contributed by atoms with Gasteiger partial charge in [0.15, 0.2) is 0 Å². The van der Waals surface area contributed by atoms with Crippen LogP contribution in [0.25, 0.3) is 11.3 Å². The lowest BCUT2D eigenvalue weighted by Crippen LogP contribution is -1.98. The van der Waals surface area contributed by atoms with E-state index in [0.29, 0.717) is 12.3 Å². The van der Waals surface area contributed by atoms with Crippen LogP contribution in [0.3, 0.4) is 0 Å². The summed E-state index contributed by atoms with van der Waals surface area (Å²) in [6, 6.07) is 3.87. The predicted molar refractivity (Wildman–Crippen MR) is 66.7 cm³/mol. The fourth-order valence-electron chi connectivity index (χ4n) is 1.96. The lowest BCUT2D eigenvalue weighted by Gasteiger charge is -2.06. The van der Waals surface area contributed by atoms with Crippen molar-refractivity contribution in [3.8, 4) is 11.3 Å². The first-order valence-corrected chi connectivity index (χ1v) is 5.82. The molecule has 0 unspecified atom stereocenters. The first-order chi connectivity index (χ1) is 8.24. The number of aromatic nitrogens is 3. The van der Waals surface area contributed by atoms with E-state index >= 15 is 0 Å². The summed E-state index contributed by atoms with van der Waals surface area (Å²) in [6.45, 7) is 4.36. The Labute approximate surface area is 101 Å². The number of H-pyrrole nitrogens is 1. The van der Waals surface area contributed by atoms with Crippen molar-refractivity contribution in [3.63, 3.8) is 0 Å². The second-order valence-electron chi connectivity index (χ2n) is 4.33. The molecule has 2 aromatic rings. The molecule has 0 aliphatic carbocycles. The van der Waals surface area contributed by atoms with Gasteiger partial charge >= 0.3 is 0 Å². The Hall–Kier alpha value is -1.68. The highest BCUT2D eigenvalue weighted by molar-refractivity contribution is 5.63. The molecule has 2 N–H and O–H groups in total. The van der Waals surface area contributed by atoms with Crippen molar-refractivity contribution >= 4 is 0 Å². The number of hydrogen-bond acceptors (Lipinski definition) is 3. The summed E-state index contributed by atoms with van der Waals surface area (Å²) in [5.41, 5.74) is 4.07. The molecule has 0 bridgehead atoms. The number of aliphatic hydroxyl groups excluding tert-OH is 1. The van der Waals surface area contributed by atoms with Gasteiger partial charge in [0.25, 0.3) is 0 Å². The molecule has 0 spiro atoms. The van der Waals surface area contributed by atoms with Crippen LogP contribution in [0.4, 0.5) is 0 Å². The largest absolute Gasteiger partial charge is 0.396 e. The molecule has 0 amide bonds. The second kappa shape index (κ2) is 5.10. The number of nitrogens with zero attached hydrogens (tertiary/aromatic N) is 2.